The van der Waals surface area contributed by atoms with E-state index in [-0.39, 0.29) is 19.0 Å². The van der Waals surface area contributed by atoms with Gasteiger partial charge in [0, 0.05) is 23.6 Å². The first-order valence-corrected chi connectivity index (χ1v) is 12.1. The van der Waals surface area contributed by atoms with Crippen molar-refractivity contribution in [3.63, 3.8) is 0 Å². The number of benzene rings is 4. The molecule has 0 fully saturated rings. The SMILES string of the molecule is NCCc1cn(CC(=O)NCc2cccc(C(F)(F)F)c2)c2ccc(-c3cccc4ccccc34)cc12. The number of nitrogens with one attached hydrogen (secondary N) is 1. The molecule has 0 aliphatic heterocycles. The van der Waals surface area contributed by atoms with Gasteiger partial charge in [0.1, 0.15) is 6.54 Å². The van der Waals surface area contributed by atoms with Gasteiger partial charge < -0.3 is 15.6 Å². The van der Waals surface area contributed by atoms with Gasteiger partial charge in [-0.3, -0.25) is 4.79 Å². The second-order valence-electron chi connectivity index (χ2n) is 9.05. The monoisotopic (exact) mass is 501 g/mol. The molecule has 0 radical (unpaired) electrons. The lowest BCUT2D eigenvalue weighted by Crippen LogP contribution is -2.27. The van der Waals surface area contributed by atoms with Crippen LogP contribution in [0.4, 0.5) is 13.2 Å². The van der Waals surface area contributed by atoms with E-state index in [4.69, 9.17) is 5.73 Å². The van der Waals surface area contributed by atoms with Crippen molar-refractivity contribution >= 4 is 27.6 Å². The van der Waals surface area contributed by atoms with E-state index in [1.165, 1.54) is 6.07 Å². The Labute approximate surface area is 212 Å². The highest BCUT2D eigenvalue weighted by molar-refractivity contribution is 5.99. The molecule has 0 bridgehead atoms. The van der Waals surface area contributed by atoms with Crippen LogP contribution >= 0.6 is 0 Å². The summed E-state index contributed by atoms with van der Waals surface area (Å²) in [6.45, 7) is 0.538. The molecule has 5 aromatic rings. The number of rotatable bonds is 7. The normalized spacial score (nSPS) is 11.8. The Balaban J connectivity index is 1.40. The molecular formula is C30H26F3N3O. The van der Waals surface area contributed by atoms with E-state index in [2.05, 4.69) is 35.6 Å². The minimum atomic E-state index is -4.42. The number of carbonyl (C=O) groups excluding carboxylic acids is 1. The van der Waals surface area contributed by atoms with Gasteiger partial charge in [0.25, 0.3) is 0 Å². The Bertz CT molecular complexity index is 1580. The molecule has 5 rings (SSSR count). The third-order valence-electron chi connectivity index (χ3n) is 6.54. The summed E-state index contributed by atoms with van der Waals surface area (Å²) in [5.41, 5.74) is 9.69. The summed E-state index contributed by atoms with van der Waals surface area (Å²) in [6, 6.07) is 25.7. The number of hydrogen-bond acceptors (Lipinski definition) is 2. The van der Waals surface area contributed by atoms with Crippen LogP contribution in [0.1, 0.15) is 16.7 Å². The van der Waals surface area contributed by atoms with E-state index in [0.717, 1.165) is 50.5 Å². The maximum atomic E-state index is 13.0. The highest BCUT2D eigenvalue weighted by Gasteiger charge is 2.30. The van der Waals surface area contributed by atoms with Crippen molar-refractivity contribution in [1.82, 2.24) is 9.88 Å². The zero-order chi connectivity index (χ0) is 26.0. The van der Waals surface area contributed by atoms with Crippen LogP contribution in [-0.2, 0) is 30.5 Å². The van der Waals surface area contributed by atoms with Gasteiger partial charge in [-0.15, -0.1) is 0 Å². The summed E-state index contributed by atoms with van der Waals surface area (Å²) in [7, 11) is 0. The molecule has 1 amide bonds. The lowest BCUT2D eigenvalue weighted by Gasteiger charge is -2.11. The molecule has 7 heteroatoms. The first kappa shape index (κ1) is 24.6. The Morgan fingerprint density at radius 1 is 0.892 bits per heavy atom. The predicted octanol–water partition coefficient (Wildman–Crippen LogP) is 6.30. The fourth-order valence-electron chi connectivity index (χ4n) is 4.77. The van der Waals surface area contributed by atoms with Gasteiger partial charge in [-0.25, -0.2) is 0 Å². The molecule has 0 atom stereocenters. The van der Waals surface area contributed by atoms with Gasteiger partial charge in [-0.2, -0.15) is 13.2 Å². The van der Waals surface area contributed by atoms with E-state index in [0.29, 0.717) is 18.5 Å². The van der Waals surface area contributed by atoms with E-state index in [9.17, 15) is 18.0 Å². The maximum absolute atomic E-state index is 13.0. The van der Waals surface area contributed by atoms with Crippen LogP contribution < -0.4 is 11.1 Å². The van der Waals surface area contributed by atoms with Crippen molar-refractivity contribution in [3.05, 3.63) is 108 Å². The number of fused-ring (bicyclic) bond motifs is 2. The Morgan fingerprint density at radius 3 is 2.49 bits per heavy atom. The highest BCUT2D eigenvalue weighted by Crippen LogP contribution is 2.33. The molecule has 188 valence electrons. The molecule has 1 aromatic heterocycles. The van der Waals surface area contributed by atoms with Crippen molar-refractivity contribution in [2.45, 2.75) is 25.7 Å². The fraction of sp³-hybridized carbons (Fsp3) is 0.167. The predicted molar refractivity (Wildman–Crippen MR) is 141 cm³/mol. The number of hydrogen-bond donors (Lipinski definition) is 2. The van der Waals surface area contributed by atoms with Crippen LogP contribution in [0.3, 0.4) is 0 Å². The number of alkyl halides is 3. The van der Waals surface area contributed by atoms with Crippen LogP contribution in [0.2, 0.25) is 0 Å². The van der Waals surface area contributed by atoms with Crippen molar-refractivity contribution < 1.29 is 18.0 Å². The molecule has 37 heavy (non-hydrogen) atoms. The second-order valence-corrected chi connectivity index (χ2v) is 9.05. The molecule has 0 spiro atoms. The summed E-state index contributed by atoms with van der Waals surface area (Å²) >= 11 is 0. The van der Waals surface area contributed by atoms with Gasteiger partial charge in [0.05, 0.1) is 5.56 Å². The first-order chi connectivity index (χ1) is 17.8. The van der Waals surface area contributed by atoms with E-state index < -0.39 is 11.7 Å². The van der Waals surface area contributed by atoms with Crippen molar-refractivity contribution in [3.8, 4) is 11.1 Å². The molecule has 1 heterocycles. The number of carbonyl (C=O) groups is 1. The van der Waals surface area contributed by atoms with E-state index in [1.54, 1.807) is 6.07 Å². The van der Waals surface area contributed by atoms with Crippen LogP contribution in [0.5, 0.6) is 0 Å². The molecule has 0 aliphatic carbocycles. The summed E-state index contributed by atoms with van der Waals surface area (Å²) < 4.78 is 40.8. The van der Waals surface area contributed by atoms with Crippen LogP contribution in [0.15, 0.2) is 91.1 Å². The molecule has 0 saturated carbocycles. The number of halogens is 3. The number of nitrogens with two attached hydrogens (primary N) is 1. The topological polar surface area (TPSA) is 60.0 Å². The average molecular weight is 502 g/mol. The Hall–Kier alpha value is -4.10. The fourth-order valence-corrected chi connectivity index (χ4v) is 4.77. The molecule has 0 saturated heterocycles. The molecule has 0 unspecified atom stereocenters. The molecular weight excluding hydrogens is 475 g/mol. The smallest absolute Gasteiger partial charge is 0.350 e. The minimum Gasteiger partial charge on any atom is -0.350 e. The quantitative estimate of drug-likeness (QED) is 0.275. The zero-order valence-electron chi connectivity index (χ0n) is 20.1. The summed E-state index contributed by atoms with van der Waals surface area (Å²) in [6.07, 6.45) is -1.82. The van der Waals surface area contributed by atoms with Crippen molar-refractivity contribution in [1.29, 1.82) is 0 Å². The lowest BCUT2D eigenvalue weighted by atomic mass is 9.96. The summed E-state index contributed by atoms with van der Waals surface area (Å²) in [4.78, 5) is 12.7. The zero-order valence-corrected chi connectivity index (χ0v) is 20.1. The van der Waals surface area contributed by atoms with Gasteiger partial charge in [0.15, 0.2) is 0 Å². The number of amides is 1. The third-order valence-corrected chi connectivity index (χ3v) is 6.54. The number of nitrogens with zero attached hydrogens (tertiary/aromatic N) is 1. The van der Waals surface area contributed by atoms with E-state index >= 15 is 0 Å². The average Bonchev–Trinajstić information content (AvgIpc) is 3.23. The number of aromatic nitrogens is 1. The Morgan fingerprint density at radius 2 is 1.68 bits per heavy atom. The van der Waals surface area contributed by atoms with Crippen LogP contribution in [0, 0.1) is 0 Å². The largest absolute Gasteiger partial charge is 0.416 e. The third kappa shape index (κ3) is 5.22. The van der Waals surface area contributed by atoms with Crippen molar-refractivity contribution in [2.24, 2.45) is 5.73 Å². The molecule has 4 aromatic carbocycles. The standard InChI is InChI=1S/C30H26F3N3O/c31-30(32,33)24-8-3-5-20(15-24)17-35-29(37)19-36-18-23(13-14-34)27-16-22(11-12-28(27)36)26-10-4-7-21-6-1-2-9-25(21)26/h1-12,15-16,18H,13-14,17,19,34H2,(H,35,37). The summed E-state index contributed by atoms with van der Waals surface area (Å²) in [5.74, 6) is -0.285. The maximum Gasteiger partial charge on any atom is 0.416 e. The van der Waals surface area contributed by atoms with Gasteiger partial charge in [-0.05, 0) is 70.3 Å². The highest BCUT2D eigenvalue weighted by atomic mass is 19.4. The van der Waals surface area contributed by atoms with Gasteiger partial charge >= 0.3 is 6.18 Å². The van der Waals surface area contributed by atoms with Crippen molar-refractivity contribution in [2.75, 3.05) is 6.54 Å². The minimum absolute atomic E-state index is 0.0167. The molecule has 4 nitrogen and oxygen atoms in total. The van der Waals surface area contributed by atoms with Gasteiger partial charge in [-0.1, -0.05) is 60.7 Å². The van der Waals surface area contributed by atoms with Gasteiger partial charge in [0.2, 0.25) is 5.91 Å². The lowest BCUT2D eigenvalue weighted by molar-refractivity contribution is -0.137. The van der Waals surface area contributed by atoms with Crippen LogP contribution in [-0.4, -0.2) is 17.0 Å². The molecule has 0 aliphatic rings. The second kappa shape index (κ2) is 10.1. The Kier molecular flexibility index (Phi) is 6.72. The molecule has 3 N–H and O–H groups in total. The van der Waals surface area contributed by atoms with Crippen LogP contribution in [0.25, 0.3) is 32.8 Å². The summed E-state index contributed by atoms with van der Waals surface area (Å²) in [5, 5.41) is 6.10. The first-order valence-electron chi connectivity index (χ1n) is 12.1. The van der Waals surface area contributed by atoms with E-state index in [1.807, 2.05) is 41.1 Å².